The van der Waals surface area contributed by atoms with Gasteiger partial charge in [0.05, 0.1) is 0 Å². The first-order valence-corrected chi connectivity index (χ1v) is 6.62. The lowest BCUT2D eigenvalue weighted by Gasteiger charge is -2.08. The summed E-state index contributed by atoms with van der Waals surface area (Å²) in [7, 11) is 0. The van der Waals surface area contributed by atoms with Gasteiger partial charge in [-0.3, -0.25) is 0 Å². The summed E-state index contributed by atoms with van der Waals surface area (Å²) in [6.45, 7) is 0. The molecule has 0 fully saturated rings. The Morgan fingerprint density at radius 1 is 0.933 bits per heavy atom. The fraction of sp³-hybridized carbons (Fsp3) is 0.0769. The van der Waals surface area contributed by atoms with Gasteiger partial charge in [0.15, 0.2) is 0 Å². The SMILES string of the molecule is Clc1cccc(-c2ccccc2)c1CI. The Morgan fingerprint density at radius 3 is 2.33 bits per heavy atom. The second-order valence-electron chi connectivity index (χ2n) is 3.27. The van der Waals surface area contributed by atoms with Crippen molar-refractivity contribution in [2.24, 2.45) is 0 Å². The van der Waals surface area contributed by atoms with Crippen LogP contribution in [0, 0.1) is 0 Å². The molecule has 0 amide bonds. The topological polar surface area (TPSA) is 0 Å². The molecule has 0 atom stereocenters. The van der Waals surface area contributed by atoms with Gasteiger partial charge in [0.2, 0.25) is 0 Å². The van der Waals surface area contributed by atoms with Crippen molar-refractivity contribution in [3.63, 3.8) is 0 Å². The number of hydrogen-bond acceptors (Lipinski definition) is 0. The highest BCUT2D eigenvalue weighted by atomic mass is 127. The van der Waals surface area contributed by atoms with Gasteiger partial charge in [0, 0.05) is 9.45 Å². The molecular formula is C13H10ClI. The molecule has 0 unspecified atom stereocenters. The van der Waals surface area contributed by atoms with E-state index in [1.165, 1.54) is 16.7 Å². The number of rotatable bonds is 2. The third-order valence-electron chi connectivity index (χ3n) is 2.34. The molecule has 2 rings (SSSR count). The van der Waals surface area contributed by atoms with Crippen molar-refractivity contribution >= 4 is 34.2 Å². The number of benzene rings is 2. The molecule has 2 heteroatoms. The molecule has 2 aromatic carbocycles. The van der Waals surface area contributed by atoms with E-state index in [9.17, 15) is 0 Å². The third-order valence-corrected chi connectivity index (χ3v) is 3.45. The molecule has 2 aromatic rings. The van der Waals surface area contributed by atoms with E-state index in [1.54, 1.807) is 0 Å². The largest absolute Gasteiger partial charge is 0.0840 e. The summed E-state index contributed by atoms with van der Waals surface area (Å²) in [6, 6.07) is 16.4. The second-order valence-corrected chi connectivity index (χ2v) is 4.44. The minimum atomic E-state index is 0.853. The molecule has 15 heavy (non-hydrogen) atoms. The normalized spacial score (nSPS) is 10.3. The number of halogens is 2. The lowest BCUT2D eigenvalue weighted by atomic mass is 10.0. The summed E-state index contributed by atoms with van der Waals surface area (Å²) >= 11 is 8.52. The molecule has 0 aliphatic rings. The maximum Gasteiger partial charge on any atom is 0.0452 e. The lowest BCUT2D eigenvalue weighted by molar-refractivity contribution is 1.44. The summed E-state index contributed by atoms with van der Waals surface area (Å²) in [6.07, 6.45) is 0. The van der Waals surface area contributed by atoms with Gasteiger partial charge in [-0.2, -0.15) is 0 Å². The molecule has 76 valence electrons. The predicted molar refractivity (Wildman–Crippen MR) is 74.6 cm³/mol. The monoisotopic (exact) mass is 328 g/mol. The highest BCUT2D eigenvalue weighted by molar-refractivity contribution is 14.1. The molecule has 0 saturated carbocycles. The van der Waals surface area contributed by atoms with Crippen molar-refractivity contribution in [3.05, 3.63) is 59.1 Å². The van der Waals surface area contributed by atoms with Gasteiger partial charge in [-0.05, 0) is 22.8 Å². The van der Waals surface area contributed by atoms with Crippen molar-refractivity contribution in [3.8, 4) is 11.1 Å². The van der Waals surface area contributed by atoms with Gasteiger partial charge < -0.3 is 0 Å². The Kier molecular flexibility index (Phi) is 3.65. The molecule has 0 spiro atoms. The van der Waals surface area contributed by atoms with Crippen LogP contribution in [0.1, 0.15) is 5.56 Å². The second kappa shape index (κ2) is 4.99. The van der Waals surface area contributed by atoms with Crippen LogP contribution in [-0.2, 0) is 4.43 Å². The fourth-order valence-corrected chi connectivity index (χ4v) is 2.87. The Hall–Kier alpha value is -0.540. The summed E-state index contributed by atoms with van der Waals surface area (Å²) in [5, 5.41) is 0.853. The highest BCUT2D eigenvalue weighted by Gasteiger charge is 2.06. The quantitative estimate of drug-likeness (QED) is 0.541. The Bertz CT molecular complexity index is 451. The molecule has 0 aliphatic heterocycles. The average molecular weight is 329 g/mol. The van der Waals surface area contributed by atoms with Crippen molar-refractivity contribution in [2.45, 2.75) is 4.43 Å². The van der Waals surface area contributed by atoms with E-state index in [1.807, 2.05) is 30.3 Å². The van der Waals surface area contributed by atoms with Crippen LogP contribution in [0.15, 0.2) is 48.5 Å². The first kappa shape index (κ1) is 11.0. The smallest absolute Gasteiger partial charge is 0.0452 e. The van der Waals surface area contributed by atoms with Crippen molar-refractivity contribution < 1.29 is 0 Å². The van der Waals surface area contributed by atoms with Crippen LogP contribution in [0.2, 0.25) is 5.02 Å². The van der Waals surface area contributed by atoms with Gasteiger partial charge in [-0.1, -0.05) is 76.7 Å². The molecule has 0 radical (unpaired) electrons. The van der Waals surface area contributed by atoms with Crippen LogP contribution in [0.3, 0.4) is 0 Å². The molecule has 0 heterocycles. The maximum atomic E-state index is 6.17. The van der Waals surface area contributed by atoms with Crippen molar-refractivity contribution in [2.75, 3.05) is 0 Å². The van der Waals surface area contributed by atoms with Gasteiger partial charge in [0.1, 0.15) is 0 Å². The fourth-order valence-electron chi connectivity index (χ4n) is 1.58. The summed E-state index contributed by atoms with van der Waals surface area (Å²) in [4.78, 5) is 0. The van der Waals surface area contributed by atoms with E-state index < -0.39 is 0 Å². The maximum absolute atomic E-state index is 6.17. The van der Waals surface area contributed by atoms with Gasteiger partial charge >= 0.3 is 0 Å². The first-order chi connectivity index (χ1) is 7.33. The molecule has 0 bridgehead atoms. The lowest BCUT2D eigenvalue weighted by Crippen LogP contribution is -1.86. The van der Waals surface area contributed by atoms with Crippen LogP contribution in [0.25, 0.3) is 11.1 Å². The molecule has 0 aromatic heterocycles. The zero-order chi connectivity index (χ0) is 10.7. The number of alkyl halides is 1. The number of hydrogen-bond donors (Lipinski definition) is 0. The van der Waals surface area contributed by atoms with Gasteiger partial charge in [0.25, 0.3) is 0 Å². The minimum absolute atomic E-state index is 0.853. The van der Waals surface area contributed by atoms with E-state index in [0.29, 0.717) is 0 Å². The van der Waals surface area contributed by atoms with Crippen molar-refractivity contribution in [1.82, 2.24) is 0 Å². The third kappa shape index (κ3) is 2.34. The van der Waals surface area contributed by atoms with E-state index >= 15 is 0 Å². The highest BCUT2D eigenvalue weighted by Crippen LogP contribution is 2.30. The average Bonchev–Trinajstić information content (AvgIpc) is 2.30. The Labute approximate surface area is 108 Å². The summed E-state index contributed by atoms with van der Waals surface area (Å²) < 4.78 is 0.932. The summed E-state index contributed by atoms with van der Waals surface area (Å²) in [5.74, 6) is 0. The van der Waals surface area contributed by atoms with E-state index in [0.717, 1.165) is 9.45 Å². The first-order valence-electron chi connectivity index (χ1n) is 4.71. The van der Waals surface area contributed by atoms with Crippen LogP contribution >= 0.6 is 34.2 Å². The zero-order valence-corrected chi connectivity index (χ0v) is 11.0. The predicted octanol–water partition coefficient (Wildman–Crippen LogP) is 4.94. The molecule has 0 aliphatic carbocycles. The molecule has 0 nitrogen and oxygen atoms in total. The van der Waals surface area contributed by atoms with Gasteiger partial charge in [-0.25, -0.2) is 0 Å². The van der Waals surface area contributed by atoms with Crippen molar-refractivity contribution in [1.29, 1.82) is 0 Å². The van der Waals surface area contributed by atoms with Gasteiger partial charge in [-0.15, -0.1) is 0 Å². The molecule has 0 N–H and O–H groups in total. The Morgan fingerprint density at radius 2 is 1.67 bits per heavy atom. The zero-order valence-electron chi connectivity index (χ0n) is 8.08. The molecule has 0 saturated heterocycles. The van der Waals surface area contributed by atoms with Crippen LogP contribution in [0.5, 0.6) is 0 Å². The van der Waals surface area contributed by atoms with E-state index in [-0.39, 0.29) is 0 Å². The standard InChI is InChI=1S/C13H10ClI/c14-13-8-4-7-11(12(13)9-15)10-5-2-1-3-6-10/h1-8H,9H2. The van der Waals surface area contributed by atoms with E-state index in [4.69, 9.17) is 11.6 Å². The van der Waals surface area contributed by atoms with Crippen LogP contribution < -0.4 is 0 Å². The molecular weight excluding hydrogens is 318 g/mol. The van der Waals surface area contributed by atoms with Crippen LogP contribution in [-0.4, -0.2) is 0 Å². The minimum Gasteiger partial charge on any atom is -0.0840 e. The van der Waals surface area contributed by atoms with Crippen LogP contribution in [0.4, 0.5) is 0 Å². The summed E-state index contributed by atoms with van der Waals surface area (Å²) in [5.41, 5.74) is 3.68. The van der Waals surface area contributed by atoms with E-state index in [2.05, 4.69) is 40.8 Å². The Balaban J connectivity index is 2.58.